The molecule has 0 radical (unpaired) electrons. The van der Waals surface area contributed by atoms with Crippen molar-refractivity contribution in [1.82, 2.24) is 30.5 Å². The van der Waals surface area contributed by atoms with E-state index in [0.717, 1.165) is 25.7 Å². The van der Waals surface area contributed by atoms with Gasteiger partial charge in [0.2, 0.25) is 5.82 Å². The summed E-state index contributed by atoms with van der Waals surface area (Å²) in [6.45, 7) is 2.57. The molecule has 35 heavy (non-hydrogen) atoms. The van der Waals surface area contributed by atoms with Crippen molar-refractivity contribution < 1.29 is 18.7 Å². The summed E-state index contributed by atoms with van der Waals surface area (Å²) in [7, 11) is 1.42. The standard InChI is InChI=1S/C24H26ClFN6O3/c1-14-9-18(11-21(28-14)23(33)27-12-16-5-8-20(26)19(25)10-16)22-29-31-32(30-22)13-15-3-6-17(7-4-15)24(34)35-2/h5,8-11,15,17H,3-4,6-7,12-13H2,1-2H3,(H,27,33). The Bertz CT molecular complexity index is 1230. The van der Waals surface area contributed by atoms with E-state index in [-0.39, 0.29) is 35.1 Å². The average Bonchev–Trinajstić information content (AvgIpc) is 3.32. The van der Waals surface area contributed by atoms with Crippen molar-refractivity contribution in [3.8, 4) is 11.4 Å². The minimum absolute atomic E-state index is 0.00149. The van der Waals surface area contributed by atoms with Crippen LogP contribution in [0, 0.1) is 24.6 Å². The Morgan fingerprint density at radius 2 is 1.97 bits per heavy atom. The third-order valence-corrected chi connectivity index (χ3v) is 6.43. The van der Waals surface area contributed by atoms with Crippen LogP contribution < -0.4 is 5.32 Å². The van der Waals surface area contributed by atoms with Gasteiger partial charge in [-0.15, -0.1) is 10.2 Å². The molecular weight excluding hydrogens is 475 g/mol. The van der Waals surface area contributed by atoms with Gasteiger partial charge in [0.25, 0.3) is 5.91 Å². The van der Waals surface area contributed by atoms with Crippen molar-refractivity contribution in [3.63, 3.8) is 0 Å². The zero-order valence-electron chi connectivity index (χ0n) is 19.5. The van der Waals surface area contributed by atoms with Gasteiger partial charge in [-0.3, -0.25) is 9.59 Å². The van der Waals surface area contributed by atoms with Crippen LogP contribution in [-0.2, 0) is 22.6 Å². The molecule has 1 aliphatic carbocycles. The summed E-state index contributed by atoms with van der Waals surface area (Å²) in [5.74, 6) is -0.304. The number of esters is 1. The van der Waals surface area contributed by atoms with E-state index in [1.807, 2.05) is 0 Å². The summed E-state index contributed by atoms with van der Waals surface area (Å²) in [6.07, 6.45) is 3.39. The number of pyridine rings is 1. The van der Waals surface area contributed by atoms with Crippen molar-refractivity contribution in [3.05, 3.63) is 58.1 Å². The Labute approximate surface area is 207 Å². The van der Waals surface area contributed by atoms with Gasteiger partial charge in [-0.25, -0.2) is 9.37 Å². The summed E-state index contributed by atoms with van der Waals surface area (Å²) >= 11 is 5.80. The molecule has 0 atom stereocenters. The number of nitrogens with zero attached hydrogens (tertiary/aromatic N) is 5. The van der Waals surface area contributed by atoms with Crippen molar-refractivity contribution in [2.75, 3.05) is 7.11 Å². The van der Waals surface area contributed by atoms with E-state index in [1.165, 1.54) is 19.2 Å². The molecule has 0 bridgehead atoms. The highest BCUT2D eigenvalue weighted by Crippen LogP contribution is 2.30. The van der Waals surface area contributed by atoms with Gasteiger partial charge in [-0.1, -0.05) is 17.7 Å². The Kier molecular flexibility index (Phi) is 7.70. The van der Waals surface area contributed by atoms with E-state index in [9.17, 15) is 14.0 Å². The van der Waals surface area contributed by atoms with Crippen LogP contribution in [0.2, 0.25) is 5.02 Å². The predicted molar refractivity (Wildman–Crippen MR) is 126 cm³/mol. The number of rotatable bonds is 7. The highest BCUT2D eigenvalue weighted by atomic mass is 35.5. The molecule has 0 unspecified atom stereocenters. The summed E-state index contributed by atoms with van der Waals surface area (Å²) in [5, 5.41) is 15.6. The molecule has 1 fully saturated rings. The predicted octanol–water partition coefficient (Wildman–Crippen LogP) is 3.75. The van der Waals surface area contributed by atoms with Crippen LogP contribution in [0.3, 0.4) is 0 Å². The zero-order chi connectivity index (χ0) is 24.9. The van der Waals surface area contributed by atoms with Gasteiger partial charge in [-0.05, 0) is 73.6 Å². The van der Waals surface area contributed by atoms with E-state index >= 15 is 0 Å². The molecule has 2 heterocycles. The molecular formula is C24H26ClFN6O3. The fraction of sp³-hybridized carbons (Fsp3) is 0.417. The van der Waals surface area contributed by atoms with Crippen LogP contribution in [0.15, 0.2) is 30.3 Å². The lowest BCUT2D eigenvalue weighted by Gasteiger charge is -2.26. The molecule has 9 nitrogen and oxygen atoms in total. The smallest absolute Gasteiger partial charge is 0.308 e. The van der Waals surface area contributed by atoms with Gasteiger partial charge >= 0.3 is 5.97 Å². The van der Waals surface area contributed by atoms with Crippen molar-refractivity contribution in [2.45, 2.75) is 45.7 Å². The lowest BCUT2D eigenvalue weighted by molar-refractivity contribution is -0.146. The topological polar surface area (TPSA) is 112 Å². The number of hydrogen-bond donors (Lipinski definition) is 1. The van der Waals surface area contributed by atoms with E-state index in [1.54, 1.807) is 29.9 Å². The lowest BCUT2D eigenvalue weighted by atomic mass is 9.82. The molecule has 0 spiro atoms. The van der Waals surface area contributed by atoms with E-state index in [0.29, 0.717) is 35.1 Å². The van der Waals surface area contributed by atoms with Crippen LogP contribution in [0.1, 0.15) is 47.4 Å². The average molecular weight is 501 g/mol. The summed E-state index contributed by atoms with van der Waals surface area (Å²) in [6, 6.07) is 7.69. The monoisotopic (exact) mass is 500 g/mol. The minimum atomic E-state index is -0.513. The molecule has 1 N–H and O–H groups in total. The maximum atomic E-state index is 13.3. The largest absolute Gasteiger partial charge is 0.469 e. The molecule has 11 heteroatoms. The number of carbonyl (C=O) groups excluding carboxylic acids is 2. The van der Waals surface area contributed by atoms with Crippen LogP contribution in [-0.4, -0.2) is 44.2 Å². The molecule has 184 valence electrons. The zero-order valence-corrected chi connectivity index (χ0v) is 20.3. The number of methoxy groups -OCH3 is 1. The molecule has 3 aromatic rings. The molecule has 1 saturated carbocycles. The highest BCUT2D eigenvalue weighted by molar-refractivity contribution is 6.30. The number of aromatic nitrogens is 5. The first kappa shape index (κ1) is 24.7. The number of benzene rings is 1. The molecule has 2 aromatic heterocycles. The van der Waals surface area contributed by atoms with Crippen molar-refractivity contribution in [2.24, 2.45) is 11.8 Å². The number of ether oxygens (including phenoxy) is 1. The van der Waals surface area contributed by atoms with E-state index < -0.39 is 5.82 Å². The fourth-order valence-electron chi connectivity index (χ4n) is 4.25. The molecule has 1 aliphatic rings. The summed E-state index contributed by atoms with van der Waals surface area (Å²) < 4.78 is 18.2. The Morgan fingerprint density at radius 3 is 2.69 bits per heavy atom. The molecule has 4 rings (SSSR count). The maximum Gasteiger partial charge on any atom is 0.308 e. The van der Waals surface area contributed by atoms with Crippen LogP contribution in [0.25, 0.3) is 11.4 Å². The first-order valence-corrected chi connectivity index (χ1v) is 11.8. The first-order valence-electron chi connectivity index (χ1n) is 11.4. The molecule has 1 amide bonds. The summed E-state index contributed by atoms with van der Waals surface area (Å²) in [5.41, 5.74) is 2.15. The van der Waals surface area contributed by atoms with Crippen LogP contribution in [0.4, 0.5) is 4.39 Å². The second-order valence-electron chi connectivity index (χ2n) is 8.72. The molecule has 0 saturated heterocycles. The number of amides is 1. The number of tetrazole rings is 1. The number of carbonyl (C=O) groups is 2. The first-order chi connectivity index (χ1) is 16.8. The third-order valence-electron chi connectivity index (χ3n) is 6.14. The Hall–Kier alpha value is -3.40. The second kappa shape index (κ2) is 10.9. The van der Waals surface area contributed by atoms with E-state index in [4.69, 9.17) is 16.3 Å². The quantitative estimate of drug-likeness (QED) is 0.492. The van der Waals surface area contributed by atoms with Gasteiger partial charge in [0, 0.05) is 17.8 Å². The Morgan fingerprint density at radius 1 is 1.20 bits per heavy atom. The SMILES string of the molecule is COC(=O)C1CCC(Cn2nnc(-c3cc(C)nc(C(=O)NCc4ccc(F)c(Cl)c4)c3)n2)CC1. The van der Waals surface area contributed by atoms with Gasteiger partial charge in [0.05, 0.1) is 24.6 Å². The normalized spacial score (nSPS) is 17.7. The molecule has 0 aliphatic heterocycles. The number of aryl methyl sites for hydroxylation is 1. The highest BCUT2D eigenvalue weighted by Gasteiger charge is 2.27. The van der Waals surface area contributed by atoms with Crippen molar-refractivity contribution in [1.29, 1.82) is 0 Å². The van der Waals surface area contributed by atoms with Gasteiger partial charge in [0.15, 0.2) is 0 Å². The third kappa shape index (κ3) is 6.19. The fourth-order valence-corrected chi connectivity index (χ4v) is 4.45. The second-order valence-corrected chi connectivity index (χ2v) is 9.13. The molecule has 1 aromatic carbocycles. The van der Waals surface area contributed by atoms with Crippen molar-refractivity contribution >= 4 is 23.5 Å². The van der Waals surface area contributed by atoms with E-state index in [2.05, 4.69) is 25.7 Å². The number of nitrogens with one attached hydrogen (secondary N) is 1. The van der Waals surface area contributed by atoms with Crippen LogP contribution >= 0.6 is 11.6 Å². The van der Waals surface area contributed by atoms with Crippen LogP contribution in [0.5, 0.6) is 0 Å². The number of hydrogen-bond acceptors (Lipinski definition) is 7. The minimum Gasteiger partial charge on any atom is -0.469 e. The maximum absolute atomic E-state index is 13.3. The lowest BCUT2D eigenvalue weighted by Crippen LogP contribution is -2.25. The summed E-state index contributed by atoms with van der Waals surface area (Å²) in [4.78, 5) is 30.3. The van der Waals surface area contributed by atoms with Gasteiger partial charge in [-0.2, -0.15) is 4.80 Å². The van der Waals surface area contributed by atoms with Gasteiger partial charge < -0.3 is 10.1 Å². The number of halogens is 2. The Balaban J connectivity index is 1.39. The van der Waals surface area contributed by atoms with Gasteiger partial charge in [0.1, 0.15) is 11.5 Å².